The van der Waals surface area contributed by atoms with E-state index in [1.807, 2.05) is 30.1 Å². The summed E-state index contributed by atoms with van der Waals surface area (Å²) in [5, 5.41) is 8.96. The van der Waals surface area contributed by atoms with E-state index in [9.17, 15) is 0 Å². The first-order valence-electron chi connectivity index (χ1n) is 5.56. The van der Waals surface area contributed by atoms with Gasteiger partial charge in [-0.05, 0) is 24.7 Å². The highest BCUT2D eigenvalue weighted by Gasteiger charge is 2.21. The molecule has 0 aliphatic carbocycles. The fourth-order valence-corrected chi connectivity index (χ4v) is 3.39. The van der Waals surface area contributed by atoms with E-state index < -0.39 is 0 Å². The fourth-order valence-electron chi connectivity index (χ4n) is 2.09. The molecule has 2 aromatic heterocycles. The molecular formula is C11H14N4S. The number of nitrogen functional groups attached to an aromatic ring is 1. The molecule has 2 aromatic rings. The highest BCUT2D eigenvalue weighted by atomic mass is 32.2. The van der Waals surface area contributed by atoms with Gasteiger partial charge in [-0.1, -0.05) is 6.42 Å². The van der Waals surface area contributed by atoms with Crippen molar-refractivity contribution in [2.45, 2.75) is 24.5 Å². The van der Waals surface area contributed by atoms with Gasteiger partial charge in [0.1, 0.15) is 0 Å². The largest absolute Gasteiger partial charge is 0.399 e. The minimum atomic E-state index is 0.493. The van der Waals surface area contributed by atoms with E-state index in [2.05, 4.69) is 14.6 Å². The number of hydrogen-bond donors (Lipinski definition) is 1. The van der Waals surface area contributed by atoms with E-state index >= 15 is 0 Å². The Hall–Kier alpha value is -1.23. The van der Waals surface area contributed by atoms with Crippen LogP contribution in [0.3, 0.4) is 0 Å². The smallest absolute Gasteiger partial charge is 0.162 e. The number of fused-ring (bicyclic) bond motifs is 1. The van der Waals surface area contributed by atoms with Crippen molar-refractivity contribution in [3.63, 3.8) is 0 Å². The zero-order chi connectivity index (χ0) is 11.0. The van der Waals surface area contributed by atoms with Crippen LogP contribution in [0.4, 0.5) is 5.69 Å². The summed E-state index contributed by atoms with van der Waals surface area (Å²) in [6.07, 6.45) is 5.79. The Morgan fingerprint density at radius 2 is 2.31 bits per heavy atom. The second kappa shape index (κ2) is 3.97. The second-order valence-corrected chi connectivity index (χ2v) is 5.41. The third-order valence-corrected chi connectivity index (χ3v) is 4.30. The van der Waals surface area contributed by atoms with Crippen molar-refractivity contribution in [2.24, 2.45) is 0 Å². The number of anilines is 1. The molecule has 1 aliphatic rings. The molecule has 1 fully saturated rings. The molecule has 0 bridgehead atoms. The van der Waals surface area contributed by atoms with Crippen molar-refractivity contribution in [1.29, 1.82) is 0 Å². The summed E-state index contributed by atoms with van der Waals surface area (Å²) in [4.78, 5) is 0. The molecule has 4 nitrogen and oxygen atoms in total. The quantitative estimate of drug-likeness (QED) is 0.822. The Kier molecular flexibility index (Phi) is 2.47. The first-order chi connectivity index (χ1) is 7.84. The Morgan fingerprint density at radius 3 is 3.12 bits per heavy atom. The molecule has 1 unspecified atom stereocenters. The molecule has 3 rings (SSSR count). The van der Waals surface area contributed by atoms with E-state index in [1.165, 1.54) is 25.0 Å². The minimum Gasteiger partial charge on any atom is -0.399 e. The molecule has 0 saturated carbocycles. The molecule has 1 aliphatic heterocycles. The van der Waals surface area contributed by atoms with Gasteiger partial charge in [0.05, 0.1) is 5.25 Å². The standard InChI is InChI=1S/C11H14N4S/c12-8-4-5-15-10(7-8)13-14-11(15)9-3-1-2-6-16-9/h4-5,7,9H,1-3,6,12H2. The van der Waals surface area contributed by atoms with Crippen LogP contribution in [0.5, 0.6) is 0 Å². The molecule has 5 heteroatoms. The molecule has 16 heavy (non-hydrogen) atoms. The lowest BCUT2D eigenvalue weighted by atomic mass is 10.2. The maximum Gasteiger partial charge on any atom is 0.162 e. The van der Waals surface area contributed by atoms with Crippen LogP contribution in [0.15, 0.2) is 18.3 Å². The molecule has 3 heterocycles. The van der Waals surface area contributed by atoms with Crippen molar-refractivity contribution < 1.29 is 0 Å². The first kappa shape index (κ1) is 9.96. The van der Waals surface area contributed by atoms with Crippen LogP contribution in [0.1, 0.15) is 30.3 Å². The van der Waals surface area contributed by atoms with E-state index in [0.717, 1.165) is 17.2 Å². The van der Waals surface area contributed by atoms with Crippen molar-refractivity contribution in [1.82, 2.24) is 14.6 Å². The van der Waals surface area contributed by atoms with Crippen LogP contribution in [0.2, 0.25) is 0 Å². The Labute approximate surface area is 98.2 Å². The Bertz CT molecular complexity index is 502. The highest BCUT2D eigenvalue weighted by molar-refractivity contribution is 7.99. The lowest BCUT2D eigenvalue weighted by Gasteiger charge is -2.19. The molecule has 0 spiro atoms. The molecule has 1 atom stereocenters. The van der Waals surface area contributed by atoms with Gasteiger partial charge in [0, 0.05) is 18.0 Å². The zero-order valence-corrected chi connectivity index (χ0v) is 9.78. The maximum atomic E-state index is 5.73. The molecule has 0 radical (unpaired) electrons. The average Bonchev–Trinajstić information content (AvgIpc) is 2.73. The second-order valence-electron chi connectivity index (χ2n) is 4.10. The van der Waals surface area contributed by atoms with Gasteiger partial charge in [-0.15, -0.1) is 10.2 Å². The average molecular weight is 234 g/mol. The van der Waals surface area contributed by atoms with E-state index in [0.29, 0.717) is 5.25 Å². The predicted molar refractivity (Wildman–Crippen MR) is 66.4 cm³/mol. The van der Waals surface area contributed by atoms with Crippen LogP contribution in [0, 0.1) is 0 Å². The Morgan fingerprint density at radius 1 is 1.38 bits per heavy atom. The number of aromatic nitrogens is 3. The number of nitrogens with two attached hydrogens (primary N) is 1. The third kappa shape index (κ3) is 1.65. The molecule has 84 valence electrons. The normalized spacial score (nSPS) is 21.4. The van der Waals surface area contributed by atoms with Crippen LogP contribution in [-0.2, 0) is 0 Å². The summed E-state index contributed by atoms with van der Waals surface area (Å²) in [5.41, 5.74) is 7.31. The number of pyridine rings is 1. The van der Waals surface area contributed by atoms with Crippen LogP contribution in [0.25, 0.3) is 5.65 Å². The monoisotopic (exact) mass is 234 g/mol. The minimum absolute atomic E-state index is 0.493. The van der Waals surface area contributed by atoms with Crippen molar-refractivity contribution in [2.75, 3.05) is 11.5 Å². The van der Waals surface area contributed by atoms with Crippen LogP contribution < -0.4 is 5.73 Å². The van der Waals surface area contributed by atoms with Crippen molar-refractivity contribution >= 4 is 23.1 Å². The first-order valence-corrected chi connectivity index (χ1v) is 6.61. The van der Waals surface area contributed by atoms with Gasteiger partial charge in [-0.25, -0.2) is 0 Å². The topological polar surface area (TPSA) is 56.2 Å². The van der Waals surface area contributed by atoms with Crippen LogP contribution in [-0.4, -0.2) is 20.4 Å². The zero-order valence-electron chi connectivity index (χ0n) is 8.97. The lowest BCUT2D eigenvalue weighted by molar-refractivity contribution is 0.657. The van der Waals surface area contributed by atoms with Crippen molar-refractivity contribution in [3.8, 4) is 0 Å². The maximum absolute atomic E-state index is 5.73. The molecular weight excluding hydrogens is 220 g/mol. The molecule has 1 saturated heterocycles. The van der Waals surface area contributed by atoms with Gasteiger partial charge < -0.3 is 5.73 Å². The summed E-state index contributed by atoms with van der Waals surface area (Å²) in [6.45, 7) is 0. The van der Waals surface area contributed by atoms with Gasteiger partial charge in [0.2, 0.25) is 0 Å². The number of hydrogen-bond acceptors (Lipinski definition) is 4. The summed E-state index contributed by atoms with van der Waals surface area (Å²) >= 11 is 1.99. The van der Waals surface area contributed by atoms with Gasteiger partial charge >= 0.3 is 0 Å². The summed E-state index contributed by atoms with van der Waals surface area (Å²) in [7, 11) is 0. The highest BCUT2D eigenvalue weighted by Crippen LogP contribution is 2.37. The number of nitrogens with zero attached hydrogens (tertiary/aromatic N) is 3. The Balaban J connectivity index is 2.03. The predicted octanol–water partition coefficient (Wildman–Crippen LogP) is 2.27. The van der Waals surface area contributed by atoms with Gasteiger partial charge in [-0.3, -0.25) is 4.40 Å². The number of rotatable bonds is 1. The summed E-state index contributed by atoms with van der Waals surface area (Å²) in [5.74, 6) is 2.30. The fraction of sp³-hybridized carbons (Fsp3) is 0.455. The molecule has 2 N–H and O–H groups in total. The number of thioether (sulfide) groups is 1. The summed E-state index contributed by atoms with van der Waals surface area (Å²) < 4.78 is 2.05. The van der Waals surface area contributed by atoms with E-state index in [-0.39, 0.29) is 0 Å². The van der Waals surface area contributed by atoms with E-state index in [1.54, 1.807) is 0 Å². The summed E-state index contributed by atoms with van der Waals surface area (Å²) in [6, 6.07) is 3.76. The lowest BCUT2D eigenvalue weighted by Crippen LogP contribution is -2.06. The van der Waals surface area contributed by atoms with Gasteiger partial charge in [-0.2, -0.15) is 11.8 Å². The van der Waals surface area contributed by atoms with Crippen molar-refractivity contribution in [3.05, 3.63) is 24.2 Å². The van der Waals surface area contributed by atoms with Gasteiger partial charge in [0.25, 0.3) is 0 Å². The van der Waals surface area contributed by atoms with Gasteiger partial charge in [0.15, 0.2) is 11.5 Å². The SMILES string of the molecule is Nc1ccn2c(C3CCCCS3)nnc2c1. The van der Waals surface area contributed by atoms with Crippen LogP contribution >= 0.6 is 11.8 Å². The molecule has 0 aromatic carbocycles. The molecule has 0 amide bonds. The van der Waals surface area contributed by atoms with E-state index in [4.69, 9.17) is 5.73 Å². The third-order valence-electron chi connectivity index (χ3n) is 2.93.